The molecule has 1 aromatic carbocycles. The van der Waals surface area contributed by atoms with E-state index in [1.165, 1.54) is 18.2 Å². The van der Waals surface area contributed by atoms with Gasteiger partial charge in [-0.2, -0.15) is 0 Å². The summed E-state index contributed by atoms with van der Waals surface area (Å²) in [6.07, 6.45) is 0. The van der Waals surface area contributed by atoms with E-state index in [0.717, 1.165) is 5.56 Å². The molecule has 86 valence electrons. The molecular weight excluding hydrogens is 215 g/mol. The van der Waals surface area contributed by atoms with Gasteiger partial charge in [-0.1, -0.05) is 11.6 Å². The van der Waals surface area contributed by atoms with E-state index in [9.17, 15) is 14.0 Å². The van der Waals surface area contributed by atoms with Crippen LogP contribution in [-0.2, 0) is 9.63 Å². The third-order valence-electron chi connectivity index (χ3n) is 1.75. The third kappa shape index (κ3) is 3.32. The number of halogens is 1. The SMILES string of the molecule is Cc1ccc(F)c(C(=O)NOCC(N)=O)c1. The summed E-state index contributed by atoms with van der Waals surface area (Å²) in [6.45, 7) is 1.26. The minimum atomic E-state index is -0.762. The van der Waals surface area contributed by atoms with Gasteiger partial charge in [0.1, 0.15) is 5.82 Å². The molecule has 16 heavy (non-hydrogen) atoms. The average molecular weight is 226 g/mol. The number of aryl methyl sites for hydroxylation is 1. The first-order valence-corrected chi connectivity index (χ1v) is 4.47. The second kappa shape index (κ2) is 5.22. The van der Waals surface area contributed by atoms with Gasteiger partial charge < -0.3 is 5.73 Å². The van der Waals surface area contributed by atoms with Crippen LogP contribution in [0.15, 0.2) is 18.2 Å². The Bertz CT molecular complexity index is 421. The monoisotopic (exact) mass is 226 g/mol. The van der Waals surface area contributed by atoms with Crippen LogP contribution in [0.2, 0.25) is 0 Å². The number of rotatable bonds is 4. The number of primary amides is 1. The molecule has 0 bridgehead atoms. The molecule has 0 aliphatic rings. The van der Waals surface area contributed by atoms with E-state index < -0.39 is 24.2 Å². The fourth-order valence-electron chi connectivity index (χ4n) is 1.04. The Hall–Kier alpha value is -1.95. The van der Waals surface area contributed by atoms with Crippen LogP contribution in [0.5, 0.6) is 0 Å². The molecule has 0 saturated heterocycles. The van der Waals surface area contributed by atoms with E-state index in [1.54, 1.807) is 6.92 Å². The van der Waals surface area contributed by atoms with Crippen LogP contribution < -0.4 is 11.2 Å². The lowest BCUT2D eigenvalue weighted by Crippen LogP contribution is -2.29. The fourth-order valence-corrected chi connectivity index (χ4v) is 1.04. The summed E-state index contributed by atoms with van der Waals surface area (Å²) < 4.78 is 13.2. The van der Waals surface area contributed by atoms with Crippen molar-refractivity contribution in [1.82, 2.24) is 5.48 Å². The van der Waals surface area contributed by atoms with Crippen LogP contribution in [0.4, 0.5) is 4.39 Å². The first-order valence-electron chi connectivity index (χ1n) is 4.47. The zero-order chi connectivity index (χ0) is 12.1. The van der Waals surface area contributed by atoms with Crippen molar-refractivity contribution in [3.63, 3.8) is 0 Å². The molecule has 0 radical (unpaired) electrons. The molecule has 0 heterocycles. The lowest BCUT2D eigenvalue weighted by molar-refractivity contribution is -0.124. The van der Waals surface area contributed by atoms with E-state index in [1.807, 2.05) is 5.48 Å². The number of benzene rings is 1. The molecule has 2 amide bonds. The van der Waals surface area contributed by atoms with Crippen LogP contribution in [0.25, 0.3) is 0 Å². The van der Waals surface area contributed by atoms with Gasteiger partial charge >= 0.3 is 0 Å². The number of hydrogen-bond acceptors (Lipinski definition) is 3. The number of nitrogens with two attached hydrogens (primary N) is 1. The molecule has 0 aliphatic carbocycles. The molecule has 5 nitrogen and oxygen atoms in total. The molecule has 0 aliphatic heterocycles. The first-order chi connectivity index (χ1) is 7.50. The van der Waals surface area contributed by atoms with Gasteiger partial charge in [-0.25, -0.2) is 9.87 Å². The molecule has 1 rings (SSSR count). The van der Waals surface area contributed by atoms with Gasteiger partial charge in [0.05, 0.1) is 5.56 Å². The highest BCUT2D eigenvalue weighted by molar-refractivity contribution is 5.94. The second-order valence-corrected chi connectivity index (χ2v) is 3.17. The van der Waals surface area contributed by atoms with Gasteiger partial charge in [0, 0.05) is 0 Å². The van der Waals surface area contributed by atoms with E-state index in [0.29, 0.717) is 0 Å². The summed E-state index contributed by atoms with van der Waals surface area (Å²) in [5.41, 5.74) is 7.29. The molecule has 3 N–H and O–H groups in total. The Morgan fingerprint density at radius 2 is 2.19 bits per heavy atom. The first kappa shape index (κ1) is 12.1. The number of hydroxylamine groups is 1. The smallest absolute Gasteiger partial charge is 0.277 e. The van der Waals surface area contributed by atoms with Gasteiger partial charge in [-0.05, 0) is 19.1 Å². The quantitative estimate of drug-likeness (QED) is 0.723. The lowest BCUT2D eigenvalue weighted by Gasteiger charge is -2.05. The van der Waals surface area contributed by atoms with Gasteiger partial charge in [0.2, 0.25) is 5.91 Å². The van der Waals surface area contributed by atoms with Crippen LogP contribution in [0.3, 0.4) is 0 Å². The van der Waals surface area contributed by atoms with Crippen LogP contribution in [-0.4, -0.2) is 18.4 Å². The lowest BCUT2D eigenvalue weighted by atomic mass is 10.1. The van der Waals surface area contributed by atoms with Gasteiger partial charge in [-0.3, -0.25) is 14.4 Å². The van der Waals surface area contributed by atoms with E-state index in [-0.39, 0.29) is 5.56 Å². The van der Waals surface area contributed by atoms with Gasteiger partial charge in [0.25, 0.3) is 5.91 Å². The standard InChI is InChI=1S/C10H11FN2O3/c1-6-2-3-8(11)7(4-6)10(15)13-16-5-9(12)14/h2-4H,5H2,1H3,(H2,12,14)(H,13,15). The molecule has 6 heteroatoms. The Labute approximate surface area is 91.3 Å². The molecule has 0 aromatic heterocycles. The maximum absolute atomic E-state index is 13.2. The highest BCUT2D eigenvalue weighted by atomic mass is 19.1. The van der Waals surface area contributed by atoms with Crippen molar-refractivity contribution >= 4 is 11.8 Å². The van der Waals surface area contributed by atoms with Gasteiger partial charge in [-0.15, -0.1) is 0 Å². The Morgan fingerprint density at radius 3 is 2.81 bits per heavy atom. The summed E-state index contributed by atoms with van der Waals surface area (Å²) in [5, 5.41) is 0. The zero-order valence-corrected chi connectivity index (χ0v) is 8.62. The van der Waals surface area contributed by atoms with Crippen molar-refractivity contribution in [2.45, 2.75) is 6.92 Å². The average Bonchev–Trinajstić information content (AvgIpc) is 2.21. The summed E-state index contributed by atoms with van der Waals surface area (Å²) in [7, 11) is 0. The highest BCUT2D eigenvalue weighted by Gasteiger charge is 2.11. The Morgan fingerprint density at radius 1 is 1.50 bits per heavy atom. The predicted molar refractivity (Wildman–Crippen MR) is 53.7 cm³/mol. The van der Waals surface area contributed by atoms with Crippen LogP contribution in [0.1, 0.15) is 15.9 Å². The fraction of sp³-hybridized carbons (Fsp3) is 0.200. The topological polar surface area (TPSA) is 81.4 Å². The van der Waals surface area contributed by atoms with Crippen molar-refractivity contribution < 1.29 is 18.8 Å². The van der Waals surface area contributed by atoms with Crippen molar-refractivity contribution in [1.29, 1.82) is 0 Å². The maximum atomic E-state index is 13.2. The summed E-state index contributed by atoms with van der Waals surface area (Å²) in [5.74, 6) is -2.15. The van der Waals surface area contributed by atoms with E-state index >= 15 is 0 Å². The van der Waals surface area contributed by atoms with Crippen LogP contribution >= 0.6 is 0 Å². The number of hydrogen-bond donors (Lipinski definition) is 2. The molecule has 0 spiro atoms. The van der Waals surface area contributed by atoms with Crippen molar-refractivity contribution in [3.8, 4) is 0 Å². The van der Waals surface area contributed by atoms with E-state index in [2.05, 4.69) is 4.84 Å². The maximum Gasteiger partial charge on any atom is 0.277 e. The molecule has 1 aromatic rings. The number of nitrogens with one attached hydrogen (secondary N) is 1. The summed E-state index contributed by atoms with van der Waals surface area (Å²) >= 11 is 0. The van der Waals surface area contributed by atoms with Gasteiger partial charge in [0.15, 0.2) is 6.61 Å². The number of amides is 2. The normalized spacial score (nSPS) is 9.88. The van der Waals surface area contributed by atoms with Crippen molar-refractivity contribution in [3.05, 3.63) is 35.1 Å². The summed E-state index contributed by atoms with van der Waals surface area (Å²) in [6, 6.07) is 4.09. The van der Waals surface area contributed by atoms with Crippen molar-refractivity contribution in [2.24, 2.45) is 5.73 Å². The largest absolute Gasteiger partial charge is 0.368 e. The second-order valence-electron chi connectivity index (χ2n) is 3.17. The van der Waals surface area contributed by atoms with Crippen LogP contribution in [0, 0.1) is 12.7 Å². The Kier molecular flexibility index (Phi) is 3.96. The van der Waals surface area contributed by atoms with E-state index in [4.69, 9.17) is 5.73 Å². The predicted octanol–water partition coefficient (Wildman–Crippen LogP) is 0.281. The highest BCUT2D eigenvalue weighted by Crippen LogP contribution is 2.09. The molecule has 0 fully saturated rings. The molecular formula is C10H11FN2O3. The third-order valence-corrected chi connectivity index (χ3v) is 1.75. The number of carbonyl (C=O) groups is 2. The minimum Gasteiger partial charge on any atom is -0.368 e. The Balaban J connectivity index is 2.65. The molecule has 0 unspecified atom stereocenters. The molecule has 0 atom stereocenters. The molecule has 0 saturated carbocycles. The number of carbonyl (C=O) groups excluding carboxylic acids is 2. The summed E-state index contributed by atoms with van der Waals surface area (Å²) in [4.78, 5) is 26.1. The minimum absolute atomic E-state index is 0.149. The van der Waals surface area contributed by atoms with Crippen molar-refractivity contribution in [2.75, 3.05) is 6.61 Å². The zero-order valence-electron chi connectivity index (χ0n) is 8.62.